The third-order valence-electron chi connectivity index (χ3n) is 2.51. The second kappa shape index (κ2) is 6.68. The van der Waals surface area contributed by atoms with E-state index in [2.05, 4.69) is 40.1 Å². The fraction of sp³-hybridized carbons (Fsp3) is 0.267. The van der Waals surface area contributed by atoms with E-state index in [0.717, 1.165) is 28.2 Å². The van der Waals surface area contributed by atoms with E-state index in [0.29, 0.717) is 6.04 Å². The number of benzene rings is 1. The highest BCUT2D eigenvalue weighted by molar-refractivity contribution is 9.10. The maximum absolute atomic E-state index is 5.81. The van der Waals surface area contributed by atoms with Gasteiger partial charge in [0.25, 0.3) is 0 Å². The van der Waals surface area contributed by atoms with Crippen molar-refractivity contribution in [1.29, 1.82) is 0 Å². The van der Waals surface area contributed by atoms with Gasteiger partial charge in [-0.15, -0.1) is 0 Å². The highest BCUT2D eigenvalue weighted by Crippen LogP contribution is 2.24. The van der Waals surface area contributed by atoms with E-state index in [1.54, 1.807) is 6.20 Å². The van der Waals surface area contributed by atoms with Crippen LogP contribution in [0.2, 0.25) is 0 Å². The summed E-state index contributed by atoms with van der Waals surface area (Å²) in [6, 6.07) is 12.0. The summed E-state index contributed by atoms with van der Waals surface area (Å²) in [6.07, 6.45) is 1.77. The molecule has 1 aromatic carbocycles. The molecule has 0 aliphatic rings. The van der Waals surface area contributed by atoms with E-state index < -0.39 is 0 Å². The van der Waals surface area contributed by atoms with E-state index >= 15 is 0 Å². The minimum atomic E-state index is 0.441. The van der Waals surface area contributed by atoms with Crippen molar-refractivity contribution in [2.24, 2.45) is 0 Å². The first-order valence-electron chi connectivity index (χ1n) is 6.25. The molecule has 0 saturated heterocycles. The van der Waals surface area contributed by atoms with Gasteiger partial charge in [-0.1, -0.05) is 35.8 Å². The van der Waals surface area contributed by atoms with Crippen molar-refractivity contribution in [2.45, 2.75) is 26.4 Å². The van der Waals surface area contributed by atoms with Crippen LogP contribution in [0.25, 0.3) is 0 Å². The second-order valence-corrected chi connectivity index (χ2v) is 5.49. The average Bonchev–Trinajstić information content (AvgIpc) is 2.37. The number of hydrogen-bond acceptors (Lipinski definition) is 3. The molecule has 0 unspecified atom stereocenters. The van der Waals surface area contributed by atoms with Crippen LogP contribution in [0.3, 0.4) is 0 Å². The molecule has 0 atom stereocenters. The van der Waals surface area contributed by atoms with E-state index in [-0.39, 0.29) is 0 Å². The predicted molar refractivity (Wildman–Crippen MR) is 80.4 cm³/mol. The van der Waals surface area contributed by atoms with Gasteiger partial charge in [0.15, 0.2) is 0 Å². The lowest BCUT2D eigenvalue weighted by Crippen LogP contribution is -2.22. The van der Waals surface area contributed by atoms with Crippen molar-refractivity contribution in [3.8, 4) is 11.5 Å². The molecule has 3 nitrogen and oxygen atoms in total. The summed E-state index contributed by atoms with van der Waals surface area (Å²) in [6.45, 7) is 4.97. The van der Waals surface area contributed by atoms with Crippen molar-refractivity contribution in [1.82, 2.24) is 10.3 Å². The van der Waals surface area contributed by atoms with Gasteiger partial charge in [0.2, 0.25) is 0 Å². The Hall–Kier alpha value is -1.39. The number of nitrogens with one attached hydrogen (secondary N) is 1. The Kier molecular flexibility index (Phi) is 4.93. The van der Waals surface area contributed by atoms with Crippen LogP contribution in [0.4, 0.5) is 0 Å². The molecule has 0 amide bonds. The molecule has 1 aromatic heterocycles. The molecule has 0 bridgehead atoms. The molecule has 4 heteroatoms. The average molecular weight is 321 g/mol. The SMILES string of the molecule is CC(C)NCc1cc(Oc2cccc(Br)c2)ccn1. The standard InChI is InChI=1S/C15H17BrN2O/c1-11(2)18-10-13-9-15(6-7-17-13)19-14-5-3-4-12(16)8-14/h3-9,11,18H,10H2,1-2H3. The van der Waals surface area contributed by atoms with Gasteiger partial charge in [-0.25, -0.2) is 0 Å². The summed E-state index contributed by atoms with van der Waals surface area (Å²) in [4.78, 5) is 4.32. The minimum absolute atomic E-state index is 0.441. The van der Waals surface area contributed by atoms with Crippen molar-refractivity contribution < 1.29 is 4.74 Å². The van der Waals surface area contributed by atoms with Crippen LogP contribution in [0.15, 0.2) is 47.1 Å². The lowest BCUT2D eigenvalue weighted by molar-refractivity contribution is 0.479. The highest BCUT2D eigenvalue weighted by Gasteiger charge is 2.01. The lowest BCUT2D eigenvalue weighted by Gasteiger charge is -2.09. The van der Waals surface area contributed by atoms with Gasteiger partial charge in [0, 0.05) is 29.3 Å². The third-order valence-corrected chi connectivity index (χ3v) is 3.00. The van der Waals surface area contributed by atoms with Gasteiger partial charge >= 0.3 is 0 Å². The van der Waals surface area contributed by atoms with Crippen molar-refractivity contribution >= 4 is 15.9 Å². The predicted octanol–water partition coefficient (Wildman–Crippen LogP) is 4.13. The molecule has 0 saturated carbocycles. The Labute approximate surface area is 122 Å². The first kappa shape index (κ1) is 14.0. The summed E-state index contributed by atoms with van der Waals surface area (Å²) in [7, 11) is 0. The van der Waals surface area contributed by atoms with Crippen molar-refractivity contribution in [2.75, 3.05) is 0 Å². The molecule has 0 fully saturated rings. The third kappa shape index (κ3) is 4.65. The van der Waals surface area contributed by atoms with Crippen molar-refractivity contribution in [3.05, 3.63) is 52.8 Å². The number of ether oxygens (including phenoxy) is 1. The maximum atomic E-state index is 5.81. The molecule has 2 rings (SSSR count). The molecule has 100 valence electrons. The largest absolute Gasteiger partial charge is 0.457 e. The zero-order chi connectivity index (χ0) is 13.7. The van der Waals surface area contributed by atoms with E-state index in [1.165, 1.54) is 0 Å². The van der Waals surface area contributed by atoms with Crippen LogP contribution in [0.1, 0.15) is 19.5 Å². The summed E-state index contributed by atoms with van der Waals surface area (Å²) >= 11 is 3.43. The van der Waals surface area contributed by atoms with E-state index in [9.17, 15) is 0 Å². The van der Waals surface area contributed by atoms with E-state index in [1.807, 2.05) is 36.4 Å². The Morgan fingerprint density at radius 2 is 2.00 bits per heavy atom. The molecule has 0 aliphatic carbocycles. The summed E-state index contributed by atoms with van der Waals surface area (Å²) < 4.78 is 6.81. The summed E-state index contributed by atoms with van der Waals surface area (Å²) in [5.41, 5.74) is 0.973. The minimum Gasteiger partial charge on any atom is -0.457 e. The number of halogens is 1. The van der Waals surface area contributed by atoms with Gasteiger partial charge in [0.05, 0.1) is 5.69 Å². The normalized spacial score (nSPS) is 10.7. The number of rotatable bonds is 5. The fourth-order valence-electron chi connectivity index (χ4n) is 1.59. The Morgan fingerprint density at radius 1 is 1.21 bits per heavy atom. The van der Waals surface area contributed by atoms with Gasteiger partial charge < -0.3 is 10.1 Å². The number of nitrogens with zero attached hydrogens (tertiary/aromatic N) is 1. The molecular weight excluding hydrogens is 304 g/mol. The van der Waals surface area contributed by atoms with Crippen LogP contribution in [-0.2, 0) is 6.54 Å². The Morgan fingerprint density at radius 3 is 2.74 bits per heavy atom. The Balaban J connectivity index is 2.06. The zero-order valence-electron chi connectivity index (χ0n) is 11.1. The topological polar surface area (TPSA) is 34.1 Å². The van der Waals surface area contributed by atoms with Gasteiger partial charge in [-0.3, -0.25) is 4.98 Å². The molecule has 0 radical (unpaired) electrons. The summed E-state index contributed by atoms with van der Waals surface area (Å²) in [5.74, 6) is 1.61. The van der Waals surface area contributed by atoms with Gasteiger partial charge in [0.1, 0.15) is 11.5 Å². The lowest BCUT2D eigenvalue weighted by atomic mass is 10.3. The molecule has 0 spiro atoms. The highest BCUT2D eigenvalue weighted by atomic mass is 79.9. The molecular formula is C15H17BrN2O. The number of hydrogen-bond donors (Lipinski definition) is 1. The first-order valence-corrected chi connectivity index (χ1v) is 7.04. The van der Waals surface area contributed by atoms with Crippen LogP contribution < -0.4 is 10.1 Å². The molecule has 19 heavy (non-hydrogen) atoms. The van der Waals surface area contributed by atoms with Crippen LogP contribution in [0, 0.1) is 0 Å². The monoisotopic (exact) mass is 320 g/mol. The molecule has 2 aromatic rings. The number of aromatic nitrogens is 1. The fourth-order valence-corrected chi connectivity index (χ4v) is 1.97. The Bertz CT molecular complexity index is 543. The van der Waals surface area contributed by atoms with Crippen molar-refractivity contribution in [3.63, 3.8) is 0 Å². The molecule has 1 heterocycles. The first-order chi connectivity index (χ1) is 9.13. The molecule has 0 aliphatic heterocycles. The second-order valence-electron chi connectivity index (χ2n) is 4.58. The summed E-state index contributed by atoms with van der Waals surface area (Å²) in [5, 5.41) is 3.34. The van der Waals surface area contributed by atoms with Crippen LogP contribution in [0.5, 0.6) is 11.5 Å². The number of pyridine rings is 1. The maximum Gasteiger partial charge on any atom is 0.130 e. The van der Waals surface area contributed by atoms with Gasteiger partial charge in [-0.2, -0.15) is 0 Å². The van der Waals surface area contributed by atoms with Crippen LogP contribution in [-0.4, -0.2) is 11.0 Å². The van der Waals surface area contributed by atoms with Crippen LogP contribution >= 0.6 is 15.9 Å². The smallest absolute Gasteiger partial charge is 0.130 e. The molecule has 1 N–H and O–H groups in total. The zero-order valence-corrected chi connectivity index (χ0v) is 12.6. The van der Waals surface area contributed by atoms with E-state index in [4.69, 9.17) is 4.74 Å². The quantitative estimate of drug-likeness (QED) is 0.899. The van der Waals surface area contributed by atoms with Gasteiger partial charge in [-0.05, 0) is 24.3 Å².